The third kappa shape index (κ3) is 1.99. The summed E-state index contributed by atoms with van der Waals surface area (Å²) in [5.74, 6) is 0.850. The SMILES string of the molecule is CCc1cccc2c3c([nH]c12)C(CC)(CCS)OCC3. The molecule has 1 aromatic carbocycles. The molecule has 3 heteroatoms. The van der Waals surface area contributed by atoms with Gasteiger partial charge in [0.2, 0.25) is 0 Å². The van der Waals surface area contributed by atoms with Crippen molar-refractivity contribution >= 4 is 23.5 Å². The molecular formula is C17H23NOS. The number of ether oxygens (including phenoxy) is 1. The van der Waals surface area contributed by atoms with Crippen LogP contribution in [0.5, 0.6) is 0 Å². The number of nitrogens with one attached hydrogen (secondary N) is 1. The van der Waals surface area contributed by atoms with Crippen LogP contribution in [0.25, 0.3) is 10.9 Å². The highest BCUT2D eigenvalue weighted by Gasteiger charge is 2.38. The number of fused-ring (bicyclic) bond motifs is 3. The molecule has 2 nitrogen and oxygen atoms in total. The highest BCUT2D eigenvalue weighted by atomic mass is 32.1. The molecule has 108 valence electrons. The molecule has 0 radical (unpaired) electrons. The summed E-state index contributed by atoms with van der Waals surface area (Å²) >= 11 is 4.44. The molecule has 1 aliphatic rings. The summed E-state index contributed by atoms with van der Waals surface area (Å²) in [4.78, 5) is 3.70. The number of thiol groups is 1. The molecule has 0 saturated carbocycles. The Kier molecular flexibility index (Phi) is 3.83. The molecule has 2 aromatic rings. The van der Waals surface area contributed by atoms with Gasteiger partial charge in [-0.25, -0.2) is 0 Å². The number of para-hydroxylation sites is 1. The lowest BCUT2D eigenvalue weighted by atomic mass is 9.87. The van der Waals surface area contributed by atoms with Gasteiger partial charge in [0.25, 0.3) is 0 Å². The van der Waals surface area contributed by atoms with Crippen LogP contribution < -0.4 is 0 Å². The smallest absolute Gasteiger partial charge is 0.109 e. The van der Waals surface area contributed by atoms with E-state index in [0.29, 0.717) is 0 Å². The molecule has 3 rings (SSSR count). The second-order valence-corrected chi connectivity index (χ2v) is 6.04. The van der Waals surface area contributed by atoms with Crippen LogP contribution in [0, 0.1) is 0 Å². The number of H-pyrrole nitrogens is 1. The molecule has 0 saturated heterocycles. The van der Waals surface area contributed by atoms with E-state index in [1.165, 1.54) is 27.7 Å². The van der Waals surface area contributed by atoms with Crippen molar-refractivity contribution in [1.29, 1.82) is 0 Å². The van der Waals surface area contributed by atoms with Crippen LogP contribution in [0.1, 0.15) is 43.5 Å². The van der Waals surface area contributed by atoms with E-state index < -0.39 is 0 Å². The Hall–Kier alpha value is -0.930. The molecule has 1 aliphatic heterocycles. The number of rotatable bonds is 4. The maximum atomic E-state index is 6.20. The van der Waals surface area contributed by atoms with Crippen molar-refractivity contribution in [3.8, 4) is 0 Å². The van der Waals surface area contributed by atoms with Crippen molar-refractivity contribution in [2.45, 2.75) is 45.1 Å². The first-order valence-corrected chi connectivity index (χ1v) is 8.26. The molecule has 1 N–H and O–H groups in total. The summed E-state index contributed by atoms with van der Waals surface area (Å²) in [6.07, 6.45) is 4.03. The molecule has 1 aromatic heterocycles. The van der Waals surface area contributed by atoms with E-state index in [9.17, 15) is 0 Å². The lowest BCUT2D eigenvalue weighted by Gasteiger charge is -2.36. The van der Waals surface area contributed by atoms with Crippen LogP contribution in [0.2, 0.25) is 0 Å². The minimum absolute atomic E-state index is 0.167. The van der Waals surface area contributed by atoms with Crippen LogP contribution in [-0.2, 0) is 23.2 Å². The molecule has 1 atom stereocenters. The van der Waals surface area contributed by atoms with Crippen molar-refractivity contribution in [3.05, 3.63) is 35.0 Å². The molecule has 0 spiro atoms. The largest absolute Gasteiger partial charge is 0.368 e. The molecular weight excluding hydrogens is 266 g/mol. The van der Waals surface area contributed by atoms with Gasteiger partial charge in [-0.1, -0.05) is 32.0 Å². The summed E-state index contributed by atoms with van der Waals surface area (Å²) < 4.78 is 6.20. The summed E-state index contributed by atoms with van der Waals surface area (Å²) in [6.45, 7) is 5.24. The quantitative estimate of drug-likeness (QED) is 0.809. The van der Waals surface area contributed by atoms with Gasteiger partial charge in [0, 0.05) is 10.9 Å². The number of aryl methyl sites for hydroxylation is 1. The van der Waals surface area contributed by atoms with Crippen molar-refractivity contribution in [1.82, 2.24) is 4.98 Å². The number of hydrogen-bond donors (Lipinski definition) is 2. The topological polar surface area (TPSA) is 25.0 Å². The number of hydrogen-bond acceptors (Lipinski definition) is 2. The fraction of sp³-hybridized carbons (Fsp3) is 0.529. The lowest BCUT2D eigenvalue weighted by molar-refractivity contribution is -0.0677. The molecule has 2 heterocycles. The minimum atomic E-state index is -0.167. The van der Waals surface area contributed by atoms with Crippen LogP contribution in [0.15, 0.2) is 18.2 Å². The van der Waals surface area contributed by atoms with E-state index in [0.717, 1.165) is 38.0 Å². The maximum absolute atomic E-state index is 6.20. The van der Waals surface area contributed by atoms with Gasteiger partial charge in [0.15, 0.2) is 0 Å². The normalized spacial score (nSPS) is 22.1. The Balaban J connectivity index is 2.24. The van der Waals surface area contributed by atoms with Gasteiger partial charge in [0.1, 0.15) is 5.60 Å². The van der Waals surface area contributed by atoms with Crippen molar-refractivity contribution in [2.24, 2.45) is 0 Å². The first-order valence-electron chi connectivity index (χ1n) is 7.63. The second-order valence-electron chi connectivity index (χ2n) is 5.59. The van der Waals surface area contributed by atoms with E-state index in [1.807, 2.05) is 0 Å². The average Bonchev–Trinajstić information content (AvgIpc) is 2.87. The highest BCUT2D eigenvalue weighted by Crippen LogP contribution is 2.42. The van der Waals surface area contributed by atoms with Gasteiger partial charge in [-0.15, -0.1) is 0 Å². The van der Waals surface area contributed by atoms with E-state index in [1.54, 1.807) is 0 Å². The molecule has 20 heavy (non-hydrogen) atoms. The van der Waals surface area contributed by atoms with E-state index in [-0.39, 0.29) is 5.60 Å². The fourth-order valence-electron chi connectivity index (χ4n) is 3.53. The number of benzene rings is 1. The third-order valence-corrected chi connectivity index (χ3v) is 4.90. The fourth-order valence-corrected chi connectivity index (χ4v) is 3.89. The zero-order chi connectivity index (χ0) is 14.2. The summed E-state index contributed by atoms with van der Waals surface area (Å²) in [5.41, 5.74) is 5.30. The summed E-state index contributed by atoms with van der Waals surface area (Å²) in [5, 5.41) is 1.39. The van der Waals surface area contributed by atoms with Crippen LogP contribution >= 0.6 is 12.6 Å². The van der Waals surface area contributed by atoms with Gasteiger partial charge in [-0.05, 0) is 42.6 Å². The van der Waals surface area contributed by atoms with Gasteiger partial charge in [0.05, 0.1) is 12.3 Å². The van der Waals surface area contributed by atoms with Crippen molar-refractivity contribution in [2.75, 3.05) is 12.4 Å². The number of aromatic amines is 1. The number of aromatic nitrogens is 1. The van der Waals surface area contributed by atoms with Crippen LogP contribution in [0.3, 0.4) is 0 Å². The van der Waals surface area contributed by atoms with Gasteiger partial charge in [-0.2, -0.15) is 12.6 Å². The second kappa shape index (κ2) is 5.45. The zero-order valence-corrected chi connectivity index (χ0v) is 13.2. The van der Waals surface area contributed by atoms with E-state index in [2.05, 4.69) is 49.7 Å². The summed E-state index contributed by atoms with van der Waals surface area (Å²) in [7, 11) is 0. The first kappa shape index (κ1) is 14.0. The Morgan fingerprint density at radius 3 is 2.90 bits per heavy atom. The Labute approximate surface area is 126 Å². The molecule has 0 bridgehead atoms. The van der Waals surface area contributed by atoms with Crippen LogP contribution in [0.4, 0.5) is 0 Å². The van der Waals surface area contributed by atoms with Crippen molar-refractivity contribution < 1.29 is 4.74 Å². The van der Waals surface area contributed by atoms with Crippen LogP contribution in [-0.4, -0.2) is 17.3 Å². The minimum Gasteiger partial charge on any atom is -0.368 e. The Bertz CT molecular complexity index is 619. The van der Waals surface area contributed by atoms with Gasteiger partial charge >= 0.3 is 0 Å². The Morgan fingerprint density at radius 2 is 2.20 bits per heavy atom. The van der Waals surface area contributed by atoms with Gasteiger partial charge in [-0.3, -0.25) is 0 Å². The molecule has 0 amide bonds. The van der Waals surface area contributed by atoms with Crippen molar-refractivity contribution in [3.63, 3.8) is 0 Å². The van der Waals surface area contributed by atoms with E-state index in [4.69, 9.17) is 4.74 Å². The Morgan fingerprint density at radius 1 is 1.35 bits per heavy atom. The zero-order valence-electron chi connectivity index (χ0n) is 12.3. The first-order chi connectivity index (χ1) is 9.75. The standard InChI is InChI=1S/C17H23NOS/c1-3-12-6-5-7-13-14-8-10-19-17(4-2,9-11-20)16(14)18-15(12)13/h5-7,18,20H,3-4,8-11H2,1-2H3. The van der Waals surface area contributed by atoms with Gasteiger partial charge < -0.3 is 9.72 Å². The summed E-state index contributed by atoms with van der Waals surface area (Å²) in [6, 6.07) is 6.64. The predicted octanol–water partition coefficient (Wildman–Crippen LogP) is 4.23. The molecule has 1 unspecified atom stereocenters. The third-order valence-electron chi connectivity index (χ3n) is 4.68. The molecule has 0 aliphatic carbocycles. The molecule has 0 fully saturated rings. The monoisotopic (exact) mass is 289 g/mol. The van der Waals surface area contributed by atoms with E-state index >= 15 is 0 Å². The average molecular weight is 289 g/mol. The predicted molar refractivity (Wildman–Crippen MR) is 87.8 cm³/mol. The maximum Gasteiger partial charge on any atom is 0.109 e. The lowest BCUT2D eigenvalue weighted by Crippen LogP contribution is -2.35. The highest BCUT2D eigenvalue weighted by molar-refractivity contribution is 7.80.